The van der Waals surface area contributed by atoms with Crippen LogP contribution in [0.3, 0.4) is 0 Å². The van der Waals surface area contributed by atoms with Crippen molar-refractivity contribution >= 4 is 18.5 Å². The van der Waals surface area contributed by atoms with E-state index in [2.05, 4.69) is 72.6 Å². The lowest BCUT2D eigenvalue weighted by atomic mass is 10.3. The molecule has 0 aromatic heterocycles. The standard InChI is InChI=1S/C17H20NP/c1-18-13-12-17(14-18)19(15-8-4-2-5-9-15)16-10-6-3-7-11-16/h2-11,17H,12-14H2,1H3. The van der Waals surface area contributed by atoms with Crippen LogP contribution in [0.5, 0.6) is 0 Å². The largest absolute Gasteiger partial charge is 0.306 e. The molecule has 98 valence electrons. The number of benzene rings is 2. The van der Waals surface area contributed by atoms with Gasteiger partial charge in [-0.15, -0.1) is 0 Å². The summed E-state index contributed by atoms with van der Waals surface area (Å²) >= 11 is 0. The van der Waals surface area contributed by atoms with Gasteiger partial charge in [-0.05, 0) is 38.5 Å². The predicted octanol–water partition coefficient (Wildman–Crippen LogP) is 2.82. The summed E-state index contributed by atoms with van der Waals surface area (Å²) in [5.41, 5.74) is 0.796. The van der Waals surface area contributed by atoms with Crippen LogP contribution in [0.15, 0.2) is 60.7 Å². The van der Waals surface area contributed by atoms with Crippen LogP contribution in [0.1, 0.15) is 6.42 Å². The van der Waals surface area contributed by atoms with Crippen LogP contribution in [0, 0.1) is 0 Å². The molecule has 19 heavy (non-hydrogen) atoms. The van der Waals surface area contributed by atoms with Crippen molar-refractivity contribution in [3.63, 3.8) is 0 Å². The number of likely N-dealkylation sites (tertiary alicyclic amines) is 1. The van der Waals surface area contributed by atoms with Crippen molar-refractivity contribution in [2.75, 3.05) is 20.1 Å². The minimum Gasteiger partial charge on any atom is -0.306 e. The van der Waals surface area contributed by atoms with E-state index in [0.29, 0.717) is 0 Å². The van der Waals surface area contributed by atoms with E-state index in [4.69, 9.17) is 0 Å². The molecule has 1 heterocycles. The third kappa shape index (κ3) is 2.88. The zero-order valence-electron chi connectivity index (χ0n) is 11.4. The van der Waals surface area contributed by atoms with E-state index < -0.39 is 0 Å². The summed E-state index contributed by atoms with van der Waals surface area (Å²) in [7, 11) is 2.02. The SMILES string of the molecule is CN1CCC(P(c2ccccc2)c2ccccc2)C1. The molecule has 0 spiro atoms. The Morgan fingerprint density at radius 2 is 1.42 bits per heavy atom. The molecule has 0 amide bonds. The first-order chi connectivity index (χ1) is 9.34. The Morgan fingerprint density at radius 1 is 0.895 bits per heavy atom. The van der Waals surface area contributed by atoms with Crippen molar-refractivity contribution in [1.29, 1.82) is 0 Å². The van der Waals surface area contributed by atoms with E-state index >= 15 is 0 Å². The molecular formula is C17H20NP. The van der Waals surface area contributed by atoms with E-state index in [0.717, 1.165) is 5.66 Å². The highest BCUT2D eigenvalue weighted by Gasteiger charge is 2.29. The van der Waals surface area contributed by atoms with E-state index in [1.165, 1.54) is 30.1 Å². The number of hydrogen-bond acceptors (Lipinski definition) is 1. The van der Waals surface area contributed by atoms with E-state index in [-0.39, 0.29) is 7.92 Å². The highest BCUT2D eigenvalue weighted by molar-refractivity contribution is 7.73. The summed E-state index contributed by atoms with van der Waals surface area (Å²) in [6.45, 7) is 2.47. The molecule has 0 radical (unpaired) electrons. The van der Waals surface area contributed by atoms with Crippen molar-refractivity contribution in [3.05, 3.63) is 60.7 Å². The Bertz CT molecular complexity index is 472. The first-order valence-electron chi connectivity index (χ1n) is 6.92. The Kier molecular flexibility index (Phi) is 3.96. The second-order valence-corrected chi connectivity index (χ2v) is 7.75. The number of nitrogens with zero attached hydrogens (tertiary/aromatic N) is 1. The van der Waals surface area contributed by atoms with Gasteiger partial charge in [0.25, 0.3) is 0 Å². The molecule has 2 aromatic carbocycles. The maximum atomic E-state index is 2.46. The van der Waals surface area contributed by atoms with Crippen molar-refractivity contribution in [2.45, 2.75) is 12.1 Å². The fourth-order valence-electron chi connectivity index (χ4n) is 2.87. The van der Waals surface area contributed by atoms with Gasteiger partial charge in [-0.3, -0.25) is 0 Å². The van der Waals surface area contributed by atoms with Crippen LogP contribution in [0.2, 0.25) is 0 Å². The van der Waals surface area contributed by atoms with Crippen LogP contribution < -0.4 is 10.6 Å². The number of rotatable bonds is 3. The lowest BCUT2D eigenvalue weighted by Crippen LogP contribution is -2.24. The molecular weight excluding hydrogens is 249 g/mol. The normalized spacial score (nSPS) is 20.0. The van der Waals surface area contributed by atoms with Gasteiger partial charge in [-0.25, -0.2) is 0 Å². The molecule has 2 heteroatoms. The lowest BCUT2D eigenvalue weighted by molar-refractivity contribution is 0.419. The van der Waals surface area contributed by atoms with Gasteiger partial charge in [-0.1, -0.05) is 60.7 Å². The van der Waals surface area contributed by atoms with Gasteiger partial charge >= 0.3 is 0 Å². The Labute approximate surface area is 117 Å². The van der Waals surface area contributed by atoms with Crippen molar-refractivity contribution < 1.29 is 0 Å². The topological polar surface area (TPSA) is 3.24 Å². The summed E-state index contributed by atoms with van der Waals surface area (Å²) in [6.07, 6.45) is 1.33. The van der Waals surface area contributed by atoms with Crippen LogP contribution in [0.25, 0.3) is 0 Å². The van der Waals surface area contributed by atoms with Crippen LogP contribution in [0.4, 0.5) is 0 Å². The fraction of sp³-hybridized carbons (Fsp3) is 0.294. The molecule has 1 saturated heterocycles. The van der Waals surface area contributed by atoms with Gasteiger partial charge in [-0.2, -0.15) is 0 Å². The lowest BCUT2D eigenvalue weighted by Gasteiger charge is -2.25. The quantitative estimate of drug-likeness (QED) is 0.775. The molecule has 0 saturated carbocycles. The molecule has 1 fully saturated rings. The monoisotopic (exact) mass is 269 g/mol. The zero-order chi connectivity index (χ0) is 13.1. The minimum absolute atomic E-state index is 0.220. The van der Waals surface area contributed by atoms with Gasteiger partial charge in [0.1, 0.15) is 0 Å². The highest BCUT2D eigenvalue weighted by atomic mass is 31.1. The maximum absolute atomic E-state index is 2.46. The molecule has 0 N–H and O–H groups in total. The van der Waals surface area contributed by atoms with Crippen molar-refractivity contribution in [3.8, 4) is 0 Å². The summed E-state index contributed by atoms with van der Waals surface area (Å²) in [5, 5.41) is 3.04. The highest BCUT2D eigenvalue weighted by Crippen LogP contribution is 2.43. The van der Waals surface area contributed by atoms with Gasteiger partial charge in [0.05, 0.1) is 0 Å². The minimum atomic E-state index is -0.220. The first-order valence-corrected chi connectivity index (χ1v) is 8.33. The third-order valence-corrected chi connectivity index (χ3v) is 6.66. The maximum Gasteiger partial charge on any atom is 0.00526 e. The molecule has 1 unspecified atom stereocenters. The van der Waals surface area contributed by atoms with Gasteiger partial charge in [0.15, 0.2) is 0 Å². The summed E-state index contributed by atoms with van der Waals surface area (Å²) in [5.74, 6) is 0. The molecule has 1 atom stereocenters. The Hall–Kier alpha value is -1.17. The van der Waals surface area contributed by atoms with E-state index in [9.17, 15) is 0 Å². The molecule has 3 rings (SSSR count). The van der Waals surface area contributed by atoms with E-state index in [1.54, 1.807) is 0 Å². The zero-order valence-corrected chi connectivity index (χ0v) is 12.3. The molecule has 0 aliphatic carbocycles. The van der Waals surface area contributed by atoms with Crippen molar-refractivity contribution in [2.24, 2.45) is 0 Å². The molecule has 1 aliphatic rings. The molecule has 2 aromatic rings. The van der Waals surface area contributed by atoms with Crippen molar-refractivity contribution in [1.82, 2.24) is 4.90 Å². The fourth-order valence-corrected chi connectivity index (χ4v) is 5.81. The second-order valence-electron chi connectivity index (χ2n) is 5.25. The number of hydrogen-bond donors (Lipinski definition) is 0. The summed E-state index contributed by atoms with van der Waals surface area (Å²) in [6, 6.07) is 22.1. The molecule has 1 nitrogen and oxygen atoms in total. The second kappa shape index (κ2) is 5.86. The molecule has 1 aliphatic heterocycles. The van der Waals surface area contributed by atoms with Gasteiger partial charge in [0, 0.05) is 12.2 Å². The average Bonchev–Trinajstić information content (AvgIpc) is 2.88. The Balaban J connectivity index is 1.97. The van der Waals surface area contributed by atoms with Crippen LogP contribution in [-0.4, -0.2) is 30.7 Å². The van der Waals surface area contributed by atoms with E-state index in [1.807, 2.05) is 0 Å². The van der Waals surface area contributed by atoms with Gasteiger partial charge < -0.3 is 4.90 Å². The Morgan fingerprint density at radius 3 is 1.84 bits per heavy atom. The van der Waals surface area contributed by atoms with Crippen LogP contribution in [-0.2, 0) is 0 Å². The summed E-state index contributed by atoms with van der Waals surface area (Å²) in [4.78, 5) is 2.46. The van der Waals surface area contributed by atoms with Gasteiger partial charge in [0.2, 0.25) is 0 Å². The predicted molar refractivity (Wildman–Crippen MR) is 85.0 cm³/mol. The molecule has 0 bridgehead atoms. The summed E-state index contributed by atoms with van der Waals surface area (Å²) < 4.78 is 0. The smallest absolute Gasteiger partial charge is 0.00526 e. The average molecular weight is 269 g/mol. The third-order valence-electron chi connectivity index (χ3n) is 3.80. The van der Waals surface area contributed by atoms with Crippen LogP contribution >= 0.6 is 7.92 Å². The first kappa shape index (κ1) is 12.8.